The predicted octanol–water partition coefficient (Wildman–Crippen LogP) is 3.74. The molecule has 6 nitrogen and oxygen atoms in total. The maximum atomic E-state index is 11.8. The summed E-state index contributed by atoms with van der Waals surface area (Å²) in [7, 11) is 0. The van der Waals surface area contributed by atoms with Crippen molar-refractivity contribution in [2.75, 3.05) is 0 Å². The minimum absolute atomic E-state index is 0.178. The van der Waals surface area contributed by atoms with Crippen molar-refractivity contribution in [2.45, 2.75) is 24.4 Å². The summed E-state index contributed by atoms with van der Waals surface area (Å²) in [6.45, 7) is 2.52. The number of nitrogens with one attached hydrogen (secondary N) is 1. The lowest BCUT2D eigenvalue weighted by atomic mass is 10.1. The Morgan fingerprint density at radius 3 is 2.44 bits per heavy atom. The number of thioether (sulfide) groups is 1. The lowest BCUT2D eigenvalue weighted by Gasteiger charge is -2.03. The van der Waals surface area contributed by atoms with Gasteiger partial charge in [-0.2, -0.15) is 5.10 Å². The van der Waals surface area contributed by atoms with Gasteiger partial charge in [-0.05, 0) is 19.1 Å². The van der Waals surface area contributed by atoms with E-state index in [4.69, 9.17) is 5.10 Å². The average Bonchev–Trinajstić information content (AvgIpc) is 3.31. The van der Waals surface area contributed by atoms with E-state index in [0.29, 0.717) is 17.5 Å². The zero-order chi connectivity index (χ0) is 18.6. The Bertz CT molecular complexity index is 1080. The zero-order valence-electron chi connectivity index (χ0n) is 14.9. The van der Waals surface area contributed by atoms with Crippen molar-refractivity contribution in [1.82, 2.24) is 24.5 Å². The van der Waals surface area contributed by atoms with Crippen molar-refractivity contribution in [1.29, 1.82) is 0 Å². The number of hydrogen-bond acceptors (Lipinski definition) is 4. The first-order valence-electron chi connectivity index (χ1n) is 8.73. The number of aromatic nitrogens is 5. The van der Waals surface area contributed by atoms with Gasteiger partial charge in [-0.25, -0.2) is 14.6 Å². The van der Waals surface area contributed by atoms with Gasteiger partial charge in [0, 0.05) is 29.6 Å². The van der Waals surface area contributed by atoms with Crippen LogP contribution in [0.25, 0.3) is 16.9 Å². The van der Waals surface area contributed by atoms with Crippen LogP contribution in [-0.4, -0.2) is 24.5 Å². The molecule has 2 heterocycles. The van der Waals surface area contributed by atoms with Crippen molar-refractivity contribution in [2.24, 2.45) is 0 Å². The maximum absolute atomic E-state index is 11.8. The average molecular weight is 377 g/mol. The number of hydrogen-bond donors (Lipinski definition) is 1. The van der Waals surface area contributed by atoms with E-state index in [1.54, 1.807) is 4.57 Å². The number of H-pyrrole nitrogens is 1. The summed E-state index contributed by atoms with van der Waals surface area (Å²) >= 11 is 1.53. The summed E-state index contributed by atoms with van der Waals surface area (Å²) < 4.78 is 3.53. The molecule has 0 aliphatic carbocycles. The molecule has 0 amide bonds. The summed E-state index contributed by atoms with van der Waals surface area (Å²) in [6.07, 6.45) is 2.05. The second-order valence-electron chi connectivity index (χ2n) is 5.99. The van der Waals surface area contributed by atoms with Gasteiger partial charge in [-0.15, -0.1) is 5.10 Å². The minimum atomic E-state index is -0.178. The monoisotopic (exact) mass is 377 g/mol. The van der Waals surface area contributed by atoms with E-state index in [2.05, 4.69) is 22.3 Å². The largest absolute Gasteiger partial charge is 0.343 e. The van der Waals surface area contributed by atoms with Gasteiger partial charge < -0.3 is 0 Å². The van der Waals surface area contributed by atoms with Crippen molar-refractivity contribution in [3.8, 4) is 16.9 Å². The highest BCUT2D eigenvalue weighted by molar-refractivity contribution is 7.98. The number of benzene rings is 2. The minimum Gasteiger partial charge on any atom is -0.270 e. The molecule has 0 unspecified atom stereocenters. The summed E-state index contributed by atoms with van der Waals surface area (Å²) in [4.78, 5) is 11.8. The van der Waals surface area contributed by atoms with E-state index < -0.39 is 0 Å². The van der Waals surface area contributed by atoms with Crippen LogP contribution in [-0.2, 0) is 12.3 Å². The highest BCUT2D eigenvalue weighted by Crippen LogP contribution is 2.29. The molecule has 4 aromatic rings. The van der Waals surface area contributed by atoms with E-state index in [1.807, 2.05) is 66.3 Å². The quantitative estimate of drug-likeness (QED) is 0.520. The van der Waals surface area contributed by atoms with E-state index in [9.17, 15) is 4.79 Å². The van der Waals surface area contributed by atoms with E-state index >= 15 is 0 Å². The van der Waals surface area contributed by atoms with Crippen LogP contribution in [0.15, 0.2) is 76.8 Å². The van der Waals surface area contributed by atoms with Crippen LogP contribution in [0.2, 0.25) is 0 Å². The van der Waals surface area contributed by atoms with Gasteiger partial charge in [0.15, 0.2) is 5.16 Å². The molecule has 0 spiro atoms. The molecule has 136 valence electrons. The second-order valence-corrected chi connectivity index (χ2v) is 6.94. The van der Waals surface area contributed by atoms with Crippen molar-refractivity contribution >= 4 is 11.8 Å². The van der Waals surface area contributed by atoms with Gasteiger partial charge in [0.25, 0.3) is 0 Å². The van der Waals surface area contributed by atoms with Gasteiger partial charge in [0.1, 0.15) is 0 Å². The van der Waals surface area contributed by atoms with Crippen molar-refractivity contribution < 1.29 is 0 Å². The summed E-state index contributed by atoms with van der Waals surface area (Å²) in [5.41, 5.74) is 3.93. The Labute approximate surface area is 160 Å². The fourth-order valence-corrected chi connectivity index (χ4v) is 3.88. The first-order valence-corrected chi connectivity index (χ1v) is 9.72. The number of nitrogens with zero attached hydrogens (tertiary/aromatic N) is 4. The Balaban J connectivity index is 1.70. The lowest BCUT2D eigenvalue weighted by molar-refractivity contribution is 0.660. The molecule has 27 heavy (non-hydrogen) atoms. The van der Waals surface area contributed by atoms with Crippen LogP contribution in [0.1, 0.15) is 12.5 Å². The first kappa shape index (κ1) is 17.4. The molecule has 1 N–H and O–H groups in total. The van der Waals surface area contributed by atoms with E-state index in [1.165, 1.54) is 11.8 Å². The molecule has 0 atom stereocenters. The number of para-hydroxylation sites is 1. The SMILES string of the molecule is CCn1c(SCc2cn(-c3ccccc3)nc2-c2ccccc2)n[nH]c1=O. The Hall–Kier alpha value is -3.06. The van der Waals surface area contributed by atoms with E-state index in [0.717, 1.165) is 22.5 Å². The molecule has 0 radical (unpaired) electrons. The molecule has 0 aliphatic rings. The number of rotatable bonds is 6. The fourth-order valence-electron chi connectivity index (χ4n) is 2.90. The molecule has 0 fully saturated rings. The van der Waals surface area contributed by atoms with Crippen LogP contribution >= 0.6 is 11.8 Å². The zero-order valence-corrected chi connectivity index (χ0v) is 15.7. The lowest BCUT2D eigenvalue weighted by Crippen LogP contribution is -2.16. The van der Waals surface area contributed by atoms with Gasteiger partial charge in [0.2, 0.25) is 0 Å². The fraction of sp³-hybridized carbons (Fsp3) is 0.150. The normalized spacial score (nSPS) is 11.0. The molecular formula is C20H19N5OS. The molecule has 0 saturated carbocycles. The van der Waals surface area contributed by atoms with Gasteiger partial charge in [0.05, 0.1) is 11.4 Å². The molecule has 7 heteroatoms. The standard InChI is InChI=1S/C20H19N5OS/c1-2-24-19(26)21-22-20(24)27-14-16-13-25(17-11-7-4-8-12-17)23-18(16)15-9-5-3-6-10-15/h3-13H,2,14H2,1H3,(H,21,26). The smallest absolute Gasteiger partial charge is 0.270 e. The second kappa shape index (κ2) is 7.67. The third-order valence-electron chi connectivity index (χ3n) is 4.25. The highest BCUT2D eigenvalue weighted by Gasteiger charge is 2.14. The Morgan fingerprint density at radius 2 is 1.74 bits per heavy atom. The Kier molecular flexibility index (Phi) is 4.93. The summed E-state index contributed by atoms with van der Waals surface area (Å²) in [5.74, 6) is 0.668. The topological polar surface area (TPSA) is 68.5 Å². The van der Waals surface area contributed by atoms with Crippen molar-refractivity contribution in [3.63, 3.8) is 0 Å². The number of aromatic amines is 1. The molecule has 0 bridgehead atoms. The Morgan fingerprint density at radius 1 is 1.04 bits per heavy atom. The van der Waals surface area contributed by atoms with Gasteiger partial charge in [-0.1, -0.05) is 60.3 Å². The summed E-state index contributed by atoms with van der Waals surface area (Å²) in [5, 5.41) is 12.2. The third-order valence-corrected chi connectivity index (χ3v) is 5.28. The van der Waals surface area contributed by atoms with Crippen LogP contribution in [0.5, 0.6) is 0 Å². The molecule has 2 aromatic carbocycles. The molecule has 0 saturated heterocycles. The summed E-state index contributed by atoms with van der Waals surface area (Å²) in [6, 6.07) is 20.2. The maximum Gasteiger partial charge on any atom is 0.343 e. The molecular weight excluding hydrogens is 358 g/mol. The van der Waals surface area contributed by atoms with Crippen molar-refractivity contribution in [3.05, 3.63) is 82.9 Å². The highest BCUT2D eigenvalue weighted by atomic mass is 32.2. The predicted molar refractivity (Wildman–Crippen MR) is 107 cm³/mol. The van der Waals surface area contributed by atoms with Crippen LogP contribution in [0.4, 0.5) is 0 Å². The van der Waals surface area contributed by atoms with Crippen LogP contribution in [0.3, 0.4) is 0 Å². The first-order chi connectivity index (χ1) is 13.3. The molecule has 0 aliphatic heterocycles. The van der Waals surface area contributed by atoms with Gasteiger partial charge >= 0.3 is 5.69 Å². The van der Waals surface area contributed by atoms with Gasteiger partial charge in [-0.3, -0.25) is 4.57 Å². The molecule has 4 rings (SSSR count). The third kappa shape index (κ3) is 3.59. The van der Waals surface area contributed by atoms with Crippen LogP contribution < -0.4 is 5.69 Å². The molecule has 2 aromatic heterocycles. The van der Waals surface area contributed by atoms with E-state index in [-0.39, 0.29) is 5.69 Å². The van der Waals surface area contributed by atoms with Crippen LogP contribution in [0, 0.1) is 0 Å².